The van der Waals surface area contributed by atoms with Gasteiger partial charge in [-0.25, -0.2) is 23.2 Å². The van der Waals surface area contributed by atoms with Crippen molar-refractivity contribution in [3.05, 3.63) is 71.0 Å². The molecule has 1 aliphatic heterocycles. The van der Waals surface area contributed by atoms with Gasteiger partial charge >= 0.3 is 12.6 Å². The van der Waals surface area contributed by atoms with Crippen molar-refractivity contribution in [1.29, 1.82) is 0 Å². The molecular formula is C33H35ClF4N10O3. The monoisotopic (exact) mass is 730 g/mol. The number of nitrogens with two attached hydrogens (primary N) is 1. The Hall–Kier alpha value is -5.06. The lowest BCUT2D eigenvalue weighted by atomic mass is 9.75. The van der Waals surface area contributed by atoms with Crippen molar-refractivity contribution in [2.75, 3.05) is 6.61 Å². The van der Waals surface area contributed by atoms with Crippen molar-refractivity contribution >= 4 is 29.6 Å². The number of nitrogens with one attached hydrogen (secondary N) is 2. The highest BCUT2D eigenvalue weighted by Crippen LogP contribution is 2.48. The van der Waals surface area contributed by atoms with Crippen LogP contribution in [0.4, 0.5) is 22.4 Å². The Morgan fingerprint density at radius 2 is 1.82 bits per heavy atom. The predicted octanol–water partition coefficient (Wildman–Crippen LogP) is 6.22. The van der Waals surface area contributed by atoms with Crippen LogP contribution < -0.4 is 11.1 Å². The summed E-state index contributed by atoms with van der Waals surface area (Å²) >= 11 is 6.47. The third-order valence-electron chi connectivity index (χ3n) is 8.99. The average molecular weight is 731 g/mol. The summed E-state index contributed by atoms with van der Waals surface area (Å²) in [6, 6.07) is 10.3. The fourth-order valence-corrected chi connectivity index (χ4v) is 6.51. The molecule has 4 N–H and O–H groups in total. The first kappa shape index (κ1) is 35.8. The number of hydrogen-bond donors (Lipinski definition) is 3. The van der Waals surface area contributed by atoms with E-state index in [1.165, 1.54) is 23.4 Å². The van der Waals surface area contributed by atoms with E-state index >= 15 is 0 Å². The topological polar surface area (TPSA) is 169 Å². The number of benzene rings is 2. The first-order valence-corrected chi connectivity index (χ1v) is 16.3. The number of nitrogens with zero attached hydrogens (tertiary/aromatic N) is 7. The Morgan fingerprint density at radius 3 is 2.39 bits per heavy atom. The number of tetrazole rings is 1. The Morgan fingerprint density at radius 1 is 1.12 bits per heavy atom. The van der Waals surface area contributed by atoms with E-state index < -0.39 is 53.6 Å². The molecule has 0 unspecified atom stereocenters. The quantitative estimate of drug-likeness (QED) is 0.153. The maximum absolute atomic E-state index is 14.9. The fraction of sp³-hybridized carbons (Fsp3) is 0.424. The van der Waals surface area contributed by atoms with Gasteiger partial charge in [0.05, 0.1) is 17.3 Å². The molecule has 3 heterocycles. The molecule has 1 aliphatic carbocycles. The van der Waals surface area contributed by atoms with Gasteiger partial charge < -0.3 is 15.8 Å². The number of alkyl carbamates (subject to hydrolysis) is 1. The summed E-state index contributed by atoms with van der Waals surface area (Å²) in [6.45, 7) is 3.22. The molecule has 51 heavy (non-hydrogen) atoms. The number of hydrogen-bond acceptors (Lipinski definition) is 9. The van der Waals surface area contributed by atoms with Crippen LogP contribution in [0.5, 0.6) is 0 Å². The molecule has 13 nitrogen and oxygen atoms in total. The van der Waals surface area contributed by atoms with E-state index in [9.17, 15) is 27.2 Å². The summed E-state index contributed by atoms with van der Waals surface area (Å²) in [5, 5.41) is 20.2. The number of aromatic nitrogens is 6. The molecular weight excluding hydrogens is 696 g/mol. The standard InChI is InChI=1S/C33H35ClF4N10O3/c1-30(2,3)17-33(21-8-5-18(6-9-21)20-14-40-47(15-20)27(35)36)26(49)48(28(39)41-33)24(16-51-29(50)42-32(11-12-32)31(4,37)38)19-7-10-23(34)22(13-19)25-43-45-46-44-25/h5-10,13-15,24,27H,11-12,16-17H2,1-4H3,(H2,39,41)(H,42,50)(H,43,44,45,46)/t24-,33-/m1/s1. The number of aromatic amines is 1. The molecule has 2 aromatic heterocycles. The Balaban J connectivity index is 1.38. The summed E-state index contributed by atoms with van der Waals surface area (Å²) in [7, 11) is 0. The second kappa shape index (κ2) is 12.9. The van der Waals surface area contributed by atoms with Crippen LogP contribution in [-0.2, 0) is 15.1 Å². The molecule has 0 saturated heterocycles. The molecule has 2 atom stereocenters. The predicted molar refractivity (Wildman–Crippen MR) is 178 cm³/mol. The third kappa shape index (κ3) is 6.98. The highest BCUT2D eigenvalue weighted by molar-refractivity contribution is 6.33. The zero-order valence-electron chi connectivity index (χ0n) is 28.0. The number of carbonyl (C=O) groups excluding carboxylic acids is 2. The summed E-state index contributed by atoms with van der Waals surface area (Å²) in [4.78, 5) is 33.8. The van der Waals surface area contributed by atoms with E-state index in [1.807, 2.05) is 20.8 Å². The number of ether oxygens (including phenoxy) is 1. The zero-order valence-corrected chi connectivity index (χ0v) is 28.8. The van der Waals surface area contributed by atoms with Gasteiger partial charge in [0.1, 0.15) is 12.1 Å². The first-order valence-electron chi connectivity index (χ1n) is 15.9. The zero-order chi connectivity index (χ0) is 36.9. The molecule has 2 aromatic carbocycles. The van der Waals surface area contributed by atoms with Crippen LogP contribution >= 0.6 is 11.6 Å². The van der Waals surface area contributed by atoms with Crippen molar-refractivity contribution in [3.8, 4) is 22.5 Å². The average Bonchev–Trinajstić information content (AvgIpc) is 3.38. The molecule has 270 valence electrons. The van der Waals surface area contributed by atoms with Gasteiger partial charge in [0.2, 0.25) is 5.82 Å². The van der Waals surface area contributed by atoms with Crippen molar-refractivity contribution in [1.82, 2.24) is 40.6 Å². The fourth-order valence-electron chi connectivity index (χ4n) is 6.31. The molecule has 2 aliphatic rings. The van der Waals surface area contributed by atoms with Crippen LogP contribution in [0.25, 0.3) is 22.5 Å². The highest BCUT2D eigenvalue weighted by Gasteiger charge is 2.60. The van der Waals surface area contributed by atoms with Crippen LogP contribution in [0.1, 0.15) is 70.7 Å². The van der Waals surface area contributed by atoms with Gasteiger partial charge in [0.15, 0.2) is 11.5 Å². The van der Waals surface area contributed by atoms with Crippen LogP contribution in [-0.4, -0.2) is 71.3 Å². The SMILES string of the molecule is CC(C)(C)C[C@]1(c2ccc(-c3cnn(C(F)F)c3)cc2)N=C(N)N([C@H](COC(=O)NC2(C(C)(F)F)CC2)c2ccc(Cl)c(-c3nn[nH]n3)c2)C1=O. The highest BCUT2D eigenvalue weighted by atomic mass is 35.5. The lowest BCUT2D eigenvalue weighted by Gasteiger charge is -2.35. The largest absolute Gasteiger partial charge is 0.447 e. The molecule has 0 spiro atoms. The molecule has 4 aromatic rings. The Labute approximate surface area is 294 Å². The number of carbonyl (C=O) groups is 2. The molecule has 6 rings (SSSR count). The van der Waals surface area contributed by atoms with Gasteiger partial charge in [-0.1, -0.05) is 62.7 Å². The molecule has 0 bridgehead atoms. The third-order valence-corrected chi connectivity index (χ3v) is 9.31. The van der Waals surface area contributed by atoms with Gasteiger partial charge in [-0.15, -0.1) is 10.2 Å². The summed E-state index contributed by atoms with van der Waals surface area (Å²) in [5.74, 6) is -3.77. The molecule has 2 amide bonds. The number of guanidine groups is 1. The van der Waals surface area contributed by atoms with Gasteiger partial charge in [-0.2, -0.15) is 19.1 Å². The van der Waals surface area contributed by atoms with E-state index in [0.717, 1.165) is 6.92 Å². The number of rotatable bonds is 11. The molecule has 1 fully saturated rings. The number of halogens is 5. The second-order valence-electron chi connectivity index (χ2n) is 14.0. The molecule has 1 saturated carbocycles. The number of H-pyrrole nitrogens is 1. The van der Waals surface area contributed by atoms with E-state index in [4.69, 9.17) is 27.1 Å². The van der Waals surface area contributed by atoms with Crippen LogP contribution in [0.2, 0.25) is 5.02 Å². The van der Waals surface area contributed by atoms with Gasteiger partial charge in [-0.05, 0) is 58.7 Å². The number of amides is 2. The summed E-state index contributed by atoms with van der Waals surface area (Å²) < 4.78 is 60.9. The van der Waals surface area contributed by atoms with Gasteiger partial charge in [-0.3, -0.25) is 9.69 Å². The first-order chi connectivity index (χ1) is 23.9. The van der Waals surface area contributed by atoms with E-state index in [0.29, 0.717) is 32.5 Å². The van der Waals surface area contributed by atoms with Crippen molar-refractivity contribution in [3.63, 3.8) is 0 Å². The van der Waals surface area contributed by atoms with Gasteiger partial charge in [0.25, 0.3) is 11.8 Å². The smallest absolute Gasteiger partial charge is 0.407 e. The number of aliphatic imine (C=N–C) groups is 1. The van der Waals surface area contributed by atoms with E-state index in [2.05, 4.69) is 31.0 Å². The number of alkyl halides is 4. The minimum atomic E-state index is -3.19. The Kier molecular flexibility index (Phi) is 9.06. The summed E-state index contributed by atoms with van der Waals surface area (Å²) in [6.07, 6.45) is 1.77. The molecule has 0 radical (unpaired) electrons. The van der Waals surface area contributed by atoms with Gasteiger partial charge in [0, 0.05) is 24.2 Å². The van der Waals surface area contributed by atoms with E-state index in [1.54, 1.807) is 36.4 Å². The Bertz CT molecular complexity index is 1950. The maximum Gasteiger partial charge on any atom is 0.407 e. The molecule has 18 heteroatoms. The second-order valence-corrected chi connectivity index (χ2v) is 14.4. The van der Waals surface area contributed by atoms with Crippen LogP contribution in [0, 0.1) is 5.41 Å². The normalized spacial score (nSPS) is 19.3. The van der Waals surface area contributed by atoms with E-state index in [-0.39, 0.29) is 36.1 Å². The van der Waals surface area contributed by atoms with Crippen LogP contribution in [0.3, 0.4) is 0 Å². The minimum absolute atomic E-state index is 0.0766. The van der Waals surface area contributed by atoms with Crippen molar-refractivity contribution in [2.45, 2.75) is 76.5 Å². The van der Waals surface area contributed by atoms with Crippen LogP contribution in [0.15, 0.2) is 59.9 Å². The maximum atomic E-state index is 14.9. The minimum Gasteiger partial charge on any atom is -0.447 e. The summed E-state index contributed by atoms with van der Waals surface area (Å²) in [5.41, 5.74) is 5.05. The lowest BCUT2D eigenvalue weighted by molar-refractivity contribution is -0.135. The van der Waals surface area contributed by atoms with Crippen molar-refractivity contribution < 1.29 is 31.9 Å². The lowest BCUT2D eigenvalue weighted by Crippen LogP contribution is -2.50. The van der Waals surface area contributed by atoms with Crippen molar-refractivity contribution in [2.24, 2.45) is 16.1 Å².